The summed E-state index contributed by atoms with van der Waals surface area (Å²) in [4.78, 5) is 35.1. The van der Waals surface area contributed by atoms with E-state index in [0.29, 0.717) is 12.8 Å². The van der Waals surface area contributed by atoms with Gasteiger partial charge in [-0.05, 0) is 109 Å². The van der Waals surface area contributed by atoms with Gasteiger partial charge < -0.3 is 20.1 Å². The summed E-state index contributed by atoms with van der Waals surface area (Å²) in [6.45, 7) is 3.49. The van der Waals surface area contributed by atoms with Gasteiger partial charge in [-0.1, -0.05) is 231 Å². The van der Waals surface area contributed by atoms with Crippen LogP contribution in [0.1, 0.15) is 219 Å². The summed E-state index contributed by atoms with van der Waals surface area (Å²) in [6, 6.07) is 0. The summed E-state index contributed by atoms with van der Waals surface area (Å²) in [5.74, 6) is -0.852. The summed E-state index contributed by atoms with van der Waals surface area (Å²) in [5, 5.41) is 0. The van der Waals surface area contributed by atoms with Gasteiger partial charge in [0, 0.05) is 19.4 Å². The van der Waals surface area contributed by atoms with Crippen LogP contribution < -0.4 is 5.73 Å². The van der Waals surface area contributed by atoms with Crippen LogP contribution in [0.4, 0.5) is 0 Å². The Morgan fingerprint density at radius 1 is 0.411 bits per heavy atom. The Morgan fingerprint density at radius 2 is 0.712 bits per heavy atom. The minimum Gasteiger partial charge on any atom is -0.462 e. The molecule has 0 aromatic carbocycles. The zero-order chi connectivity index (χ0) is 53.1. The average molecular weight is 1030 g/mol. The molecule has 0 aliphatic rings. The molecule has 2 atom stereocenters. The maximum Gasteiger partial charge on any atom is 0.472 e. The Kier molecular flexibility index (Phi) is 54.4. The van der Waals surface area contributed by atoms with Gasteiger partial charge in [0.25, 0.3) is 0 Å². The Hall–Kier alpha value is -3.85. The molecule has 0 aliphatic carbocycles. The number of unbranched alkanes of at least 4 members (excludes halogenated alkanes) is 17. The van der Waals surface area contributed by atoms with E-state index >= 15 is 0 Å². The van der Waals surface area contributed by atoms with Crippen molar-refractivity contribution < 1.29 is 37.6 Å². The molecule has 0 aliphatic heterocycles. The predicted octanol–water partition coefficient (Wildman–Crippen LogP) is 18.2. The minimum absolute atomic E-state index is 0.0446. The predicted molar refractivity (Wildman–Crippen MR) is 311 cm³/mol. The lowest BCUT2D eigenvalue weighted by molar-refractivity contribution is -0.161. The van der Waals surface area contributed by atoms with E-state index in [9.17, 15) is 19.0 Å². The number of hydrogen-bond acceptors (Lipinski definition) is 8. The van der Waals surface area contributed by atoms with Gasteiger partial charge in [0.1, 0.15) is 6.61 Å². The van der Waals surface area contributed by atoms with Gasteiger partial charge in [0.05, 0.1) is 13.2 Å². The molecule has 2 unspecified atom stereocenters. The van der Waals surface area contributed by atoms with E-state index < -0.39 is 32.5 Å². The molecule has 0 radical (unpaired) electrons. The summed E-state index contributed by atoms with van der Waals surface area (Å²) in [6.07, 6.45) is 80.7. The van der Waals surface area contributed by atoms with Crippen molar-refractivity contribution in [3.63, 3.8) is 0 Å². The molecular formula is C63H104NO8P. The monoisotopic (exact) mass is 1030 g/mol. The van der Waals surface area contributed by atoms with Crippen molar-refractivity contribution in [1.82, 2.24) is 0 Å². The molecule has 10 heteroatoms. The number of hydrogen-bond donors (Lipinski definition) is 2. The van der Waals surface area contributed by atoms with Gasteiger partial charge in [-0.15, -0.1) is 0 Å². The second-order valence-corrected chi connectivity index (χ2v) is 19.8. The van der Waals surface area contributed by atoms with Crippen molar-refractivity contribution in [1.29, 1.82) is 0 Å². The fraction of sp³-hybridized carbons (Fsp3) is 0.619. The van der Waals surface area contributed by atoms with E-state index in [4.69, 9.17) is 24.3 Å². The van der Waals surface area contributed by atoms with E-state index in [2.05, 4.69) is 148 Å². The normalized spacial score (nSPS) is 14.1. The third-order valence-electron chi connectivity index (χ3n) is 11.5. The Morgan fingerprint density at radius 3 is 1.05 bits per heavy atom. The number of nitrogens with two attached hydrogens (primary N) is 1. The summed E-state index contributed by atoms with van der Waals surface area (Å²) in [7, 11) is -4.40. The number of phosphoric acid groups is 1. The molecule has 9 nitrogen and oxygen atoms in total. The molecule has 0 heterocycles. The Labute approximate surface area is 446 Å². The number of allylic oxidation sites excluding steroid dienone is 22. The molecule has 0 aromatic heterocycles. The summed E-state index contributed by atoms with van der Waals surface area (Å²) < 4.78 is 33.0. The SMILES string of the molecule is CC/C=C\C/C=C\C/C=C\C/C=C\C/C=C\C/C=C\C/C=C\C/C=C\CCCCCCCCCCCCC(=O)OC(COC(=O)CCCCCCCCC/C=C\C/C=C\C/C=C\CC)COP(=O)(O)OCCN. The molecule has 0 aromatic rings. The maximum atomic E-state index is 12.7. The third-order valence-corrected chi connectivity index (χ3v) is 12.5. The Balaban J connectivity index is 4.01. The lowest BCUT2D eigenvalue weighted by Gasteiger charge is -2.19. The zero-order valence-corrected chi connectivity index (χ0v) is 47.0. The van der Waals surface area contributed by atoms with Crippen molar-refractivity contribution in [3.8, 4) is 0 Å². The van der Waals surface area contributed by atoms with Crippen molar-refractivity contribution in [2.24, 2.45) is 5.73 Å². The molecule has 0 rings (SSSR count). The standard InChI is InChI=1S/C63H104NO8P/c1-3-5-7-9-11-13-15-17-19-21-22-23-24-25-26-27-28-29-30-31-32-33-34-35-36-37-38-40-42-44-46-48-50-52-54-56-63(66)72-61(60-71-73(67,68)70-58-57-64)59-69-62(65)55-53-51-49-47-45-43-41-39-20-18-16-14-12-10-8-6-4-2/h5-8,11-14,17-20,22-23,25-26,28-29,31-32,34-35,61H,3-4,9-10,15-16,21,24,27,30,33,36-60,64H2,1-2H3,(H,67,68)/b7-5-,8-6-,13-11-,14-12-,19-17-,20-18-,23-22-,26-25-,29-28-,32-31-,35-34-. The molecule has 3 N–H and O–H groups in total. The van der Waals surface area contributed by atoms with Crippen LogP contribution in [0.3, 0.4) is 0 Å². The van der Waals surface area contributed by atoms with Crippen molar-refractivity contribution in [3.05, 3.63) is 134 Å². The number of ether oxygens (including phenoxy) is 2. The van der Waals surface area contributed by atoms with Crippen LogP contribution >= 0.6 is 7.82 Å². The van der Waals surface area contributed by atoms with Crippen molar-refractivity contribution in [2.45, 2.75) is 225 Å². The molecule has 73 heavy (non-hydrogen) atoms. The number of rotatable bonds is 52. The average Bonchev–Trinajstić information content (AvgIpc) is 3.38. The van der Waals surface area contributed by atoms with E-state index in [0.717, 1.165) is 122 Å². The van der Waals surface area contributed by atoms with Crippen LogP contribution in [0.2, 0.25) is 0 Å². The number of carbonyl (C=O) groups excluding carboxylic acids is 2. The van der Waals surface area contributed by atoms with Crippen LogP contribution in [0.25, 0.3) is 0 Å². The molecule has 414 valence electrons. The topological polar surface area (TPSA) is 134 Å². The zero-order valence-electron chi connectivity index (χ0n) is 46.1. The largest absolute Gasteiger partial charge is 0.472 e. The molecule has 0 fully saturated rings. The van der Waals surface area contributed by atoms with Crippen LogP contribution in [-0.4, -0.2) is 49.3 Å². The Bertz CT molecular complexity index is 1650. The van der Waals surface area contributed by atoms with Crippen molar-refractivity contribution in [2.75, 3.05) is 26.4 Å². The van der Waals surface area contributed by atoms with Gasteiger partial charge in [0.15, 0.2) is 6.10 Å². The van der Waals surface area contributed by atoms with Crippen LogP contribution in [0.5, 0.6) is 0 Å². The first-order valence-corrected chi connectivity index (χ1v) is 30.2. The first-order chi connectivity index (χ1) is 35.8. The van der Waals surface area contributed by atoms with E-state index in [1.165, 1.54) is 57.8 Å². The lowest BCUT2D eigenvalue weighted by atomic mass is 10.0. The molecule has 0 spiro atoms. The third kappa shape index (κ3) is 57.3. The highest BCUT2D eigenvalue weighted by atomic mass is 31.2. The number of phosphoric ester groups is 1. The van der Waals surface area contributed by atoms with Crippen LogP contribution in [0, 0.1) is 0 Å². The molecule has 0 saturated heterocycles. The fourth-order valence-electron chi connectivity index (χ4n) is 7.37. The van der Waals surface area contributed by atoms with Gasteiger partial charge in [-0.2, -0.15) is 0 Å². The lowest BCUT2D eigenvalue weighted by Crippen LogP contribution is -2.29. The van der Waals surface area contributed by atoms with Gasteiger partial charge in [0.2, 0.25) is 0 Å². The second kappa shape index (κ2) is 57.4. The molecular weight excluding hydrogens is 930 g/mol. The highest BCUT2D eigenvalue weighted by Crippen LogP contribution is 2.43. The fourth-order valence-corrected chi connectivity index (χ4v) is 8.14. The first-order valence-electron chi connectivity index (χ1n) is 28.7. The summed E-state index contributed by atoms with van der Waals surface area (Å²) >= 11 is 0. The van der Waals surface area contributed by atoms with E-state index in [1.54, 1.807) is 0 Å². The second-order valence-electron chi connectivity index (χ2n) is 18.4. The quantitative estimate of drug-likeness (QED) is 0.0264. The van der Waals surface area contributed by atoms with Crippen LogP contribution in [-0.2, 0) is 32.7 Å². The minimum atomic E-state index is -4.40. The van der Waals surface area contributed by atoms with Gasteiger partial charge in [-0.3, -0.25) is 18.6 Å². The number of carbonyl (C=O) groups is 2. The highest BCUT2D eigenvalue weighted by molar-refractivity contribution is 7.47. The van der Waals surface area contributed by atoms with E-state index in [-0.39, 0.29) is 32.6 Å². The van der Waals surface area contributed by atoms with E-state index in [1.807, 2.05) is 0 Å². The smallest absolute Gasteiger partial charge is 0.462 e. The molecule has 0 saturated carbocycles. The van der Waals surface area contributed by atoms with Crippen molar-refractivity contribution >= 4 is 19.8 Å². The molecule has 0 bridgehead atoms. The molecule has 0 amide bonds. The highest BCUT2D eigenvalue weighted by Gasteiger charge is 2.26. The first kappa shape index (κ1) is 69.2. The van der Waals surface area contributed by atoms with Gasteiger partial charge in [-0.25, -0.2) is 4.57 Å². The summed E-state index contributed by atoms with van der Waals surface area (Å²) in [5.41, 5.74) is 5.38. The van der Waals surface area contributed by atoms with Gasteiger partial charge >= 0.3 is 19.8 Å². The van der Waals surface area contributed by atoms with Crippen LogP contribution in [0.15, 0.2) is 134 Å². The maximum absolute atomic E-state index is 12.7. The number of esters is 2.